The minimum Gasteiger partial charge on any atom is -0.383 e. The van der Waals surface area contributed by atoms with E-state index in [0.717, 1.165) is 6.42 Å². The first kappa shape index (κ1) is 21.4. The van der Waals surface area contributed by atoms with E-state index in [1.54, 1.807) is 18.2 Å². The van der Waals surface area contributed by atoms with E-state index in [1.165, 1.54) is 25.5 Å². The number of aromatic nitrogens is 4. The number of carbonyl (C=O) groups is 1. The number of nitrogens with zero attached hydrogens (tertiary/aromatic N) is 4. The molecule has 1 saturated carbocycles. The fraction of sp³-hybridized carbons (Fsp3) is 0.348. The zero-order valence-electron chi connectivity index (χ0n) is 17.7. The van der Waals surface area contributed by atoms with Crippen molar-refractivity contribution in [2.24, 2.45) is 11.8 Å². The molecule has 3 unspecified atom stereocenters. The van der Waals surface area contributed by atoms with E-state index in [-0.39, 0.29) is 34.2 Å². The van der Waals surface area contributed by atoms with Crippen LogP contribution >= 0.6 is 0 Å². The van der Waals surface area contributed by atoms with Gasteiger partial charge in [-0.25, -0.2) is 15.0 Å². The lowest BCUT2D eigenvalue weighted by Crippen LogP contribution is -2.32. The van der Waals surface area contributed by atoms with Gasteiger partial charge in [0.15, 0.2) is 5.82 Å². The maximum atomic E-state index is 14.2. The van der Waals surface area contributed by atoms with E-state index in [4.69, 9.17) is 5.73 Å². The molecule has 7 nitrogen and oxygen atoms in total. The molecule has 3 atom stereocenters. The first-order chi connectivity index (χ1) is 15.8. The van der Waals surface area contributed by atoms with Gasteiger partial charge in [0.05, 0.1) is 22.9 Å². The quantitative estimate of drug-likeness (QED) is 0.579. The Morgan fingerprint density at radius 2 is 1.82 bits per heavy atom. The van der Waals surface area contributed by atoms with E-state index in [0.29, 0.717) is 30.4 Å². The SMILES string of the molecule is Cc1c(C(=O)c2ncccc2-c2ncccn2)c(N)nc(C2CC3CC3CN2)c1C(F)(F)F. The number of rotatable bonds is 4. The molecule has 1 aliphatic carbocycles. The monoisotopic (exact) mass is 454 g/mol. The van der Waals surface area contributed by atoms with Crippen molar-refractivity contribution in [1.29, 1.82) is 0 Å². The number of alkyl halides is 3. The Hall–Kier alpha value is -3.40. The third-order valence-corrected chi connectivity index (χ3v) is 6.41. The van der Waals surface area contributed by atoms with Crippen molar-refractivity contribution < 1.29 is 18.0 Å². The molecule has 3 aromatic heterocycles. The van der Waals surface area contributed by atoms with Crippen molar-refractivity contribution in [3.05, 3.63) is 64.9 Å². The predicted molar refractivity (Wildman–Crippen MR) is 114 cm³/mol. The van der Waals surface area contributed by atoms with Crippen LogP contribution < -0.4 is 11.1 Å². The summed E-state index contributed by atoms with van der Waals surface area (Å²) in [5.41, 5.74) is 4.73. The fourth-order valence-corrected chi connectivity index (χ4v) is 4.71. The van der Waals surface area contributed by atoms with Gasteiger partial charge in [0.2, 0.25) is 5.78 Å². The highest BCUT2D eigenvalue weighted by atomic mass is 19.4. The highest BCUT2D eigenvalue weighted by Crippen LogP contribution is 2.49. The standard InChI is InChI=1S/C23H21F3N6O/c1-11-16(20(33)18-14(4-2-5-28-18)22-29-6-3-7-30-22)21(27)32-19(17(11)23(24,25)26)15-9-12-8-13(12)10-31-15/h2-7,12-13,15,31H,8-10H2,1H3,(H2,27,32). The van der Waals surface area contributed by atoms with Crippen LogP contribution in [0.3, 0.4) is 0 Å². The number of hydrogen-bond acceptors (Lipinski definition) is 7. The first-order valence-corrected chi connectivity index (χ1v) is 10.6. The van der Waals surface area contributed by atoms with Crippen LogP contribution in [0.2, 0.25) is 0 Å². The first-order valence-electron chi connectivity index (χ1n) is 10.6. The molecule has 2 aliphatic rings. The van der Waals surface area contributed by atoms with Gasteiger partial charge in [-0.3, -0.25) is 9.78 Å². The van der Waals surface area contributed by atoms with Crippen molar-refractivity contribution in [3.63, 3.8) is 0 Å². The molecule has 0 aromatic carbocycles. The molecule has 1 saturated heterocycles. The van der Waals surface area contributed by atoms with Gasteiger partial charge in [0.25, 0.3) is 0 Å². The highest BCUT2D eigenvalue weighted by molar-refractivity contribution is 6.14. The Kier molecular flexibility index (Phi) is 5.12. The van der Waals surface area contributed by atoms with Crippen LogP contribution in [-0.2, 0) is 6.18 Å². The maximum Gasteiger partial charge on any atom is 0.418 e. The average molecular weight is 454 g/mol. The number of nitrogen functional groups attached to an aromatic ring is 1. The molecule has 170 valence electrons. The number of piperidine rings is 1. The zero-order chi connectivity index (χ0) is 23.3. The summed E-state index contributed by atoms with van der Waals surface area (Å²) in [6, 6.07) is 4.25. The molecule has 3 aromatic rings. The van der Waals surface area contributed by atoms with E-state index in [1.807, 2.05) is 0 Å². The summed E-state index contributed by atoms with van der Waals surface area (Å²) in [6.45, 7) is 1.92. The molecule has 3 N–H and O–H groups in total. The van der Waals surface area contributed by atoms with Gasteiger partial charge in [-0.05, 0) is 61.9 Å². The number of fused-ring (bicyclic) bond motifs is 1. The minimum absolute atomic E-state index is 0.0854. The van der Waals surface area contributed by atoms with E-state index in [9.17, 15) is 18.0 Å². The Morgan fingerprint density at radius 3 is 2.52 bits per heavy atom. The normalized spacial score (nSPS) is 22.0. The summed E-state index contributed by atoms with van der Waals surface area (Å²) >= 11 is 0. The third-order valence-electron chi connectivity index (χ3n) is 6.41. The predicted octanol–water partition coefficient (Wildman–Crippen LogP) is 3.74. The van der Waals surface area contributed by atoms with Gasteiger partial charge < -0.3 is 11.1 Å². The second kappa shape index (κ2) is 7.87. The largest absolute Gasteiger partial charge is 0.418 e. The van der Waals surface area contributed by atoms with Gasteiger partial charge in [0.1, 0.15) is 11.5 Å². The van der Waals surface area contributed by atoms with Gasteiger partial charge in [-0.2, -0.15) is 13.2 Å². The summed E-state index contributed by atoms with van der Waals surface area (Å²) in [5, 5.41) is 3.17. The van der Waals surface area contributed by atoms with Crippen molar-refractivity contribution in [2.45, 2.75) is 32.0 Å². The molecular formula is C23H21F3N6O. The van der Waals surface area contributed by atoms with Crippen molar-refractivity contribution in [1.82, 2.24) is 25.3 Å². The lowest BCUT2D eigenvalue weighted by molar-refractivity contribution is -0.139. The van der Waals surface area contributed by atoms with Crippen molar-refractivity contribution >= 4 is 11.6 Å². The lowest BCUT2D eigenvalue weighted by atomic mass is 9.90. The second-order valence-corrected chi connectivity index (χ2v) is 8.51. The molecule has 33 heavy (non-hydrogen) atoms. The van der Waals surface area contributed by atoms with Crippen LogP contribution in [0.4, 0.5) is 19.0 Å². The fourth-order valence-electron chi connectivity index (χ4n) is 4.71. The van der Waals surface area contributed by atoms with Crippen LogP contribution in [0.5, 0.6) is 0 Å². The number of pyridine rings is 2. The van der Waals surface area contributed by atoms with Crippen molar-refractivity contribution in [2.75, 3.05) is 12.3 Å². The summed E-state index contributed by atoms with van der Waals surface area (Å²) < 4.78 is 42.7. The van der Waals surface area contributed by atoms with Gasteiger partial charge in [0, 0.05) is 24.2 Å². The molecule has 10 heteroatoms. The van der Waals surface area contributed by atoms with Crippen LogP contribution in [0.1, 0.15) is 51.8 Å². The molecule has 5 rings (SSSR count). The number of anilines is 1. The smallest absolute Gasteiger partial charge is 0.383 e. The number of ketones is 1. The lowest BCUT2D eigenvalue weighted by Gasteiger charge is -2.27. The average Bonchev–Trinajstić information content (AvgIpc) is 3.57. The molecule has 0 amide bonds. The summed E-state index contributed by atoms with van der Waals surface area (Å²) in [7, 11) is 0. The highest BCUT2D eigenvalue weighted by Gasteiger charge is 2.46. The van der Waals surface area contributed by atoms with E-state index in [2.05, 4.69) is 25.3 Å². The van der Waals surface area contributed by atoms with Crippen LogP contribution in [0.15, 0.2) is 36.8 Å². The summed E-state index contributed by atoms with van der Waals surface area (Å²) in [4.78, 5) is 30.0. The number of carbonyl (C=O) groups excluding carboxylic acids is 1. The minimum atomic E-state index is -4.70. The zero-order valence-corrected chi connectivity index (χ0v) is 17.7. The van der Waals surface area contributed by atoms with Gasteiger partial charge in [-0.1, -0.05) is 0 Å². The molecule has 0 radical (unpaired) electrons. The number of halogens is 3. The topological polar surface area (TPSA) is 107 Å². The Morgan fingerprint density at radius 1 is 1.09 bits per heavy atom. The van der Waals surface area contributed by atoms with Crippen LogP contribution in [0.25, 0.3) is 11.4 Å². The molecule has 0 bridgehead atoms. The molecular weight excluding hydrogens is 433 g/mol. The Bertz CT molecular complexity index is 1230. The molecule has 0 spiro atoms. The number of nitrogens with two attached hydrogens (primary N) is 1. The molecule has 2 fully saturated rings. The maximum absolute atomic E-state index is 14.2. The van der Waals surface area contributed by atoms with Crippen LogP contribution in [-0.4, -0.2) is 32.3 Å². The Balaban J connectivity index is 1.63. The summed E-state index contributed by atoms with van der Waals surface area (Å²) in [6.07, 6.45) is 1.27. The van der Waals surface area contributed by atoms with Crippen LogP contribution in [0, 0.1) is 18.8 Å². The van der Waals surface area contributed by atoms with Gasteiger partial charge >= 0.3 is 6.18 Å². The van der Waals surface area contributed by atoms with Crippen molar-refractivity contribution in [3.8, 4) is 11.4 Å². The van der Waals surface area contributed by atoms with E-state index < -0.39 is 23.6 Å². The third kappa shape index (κ3) is 3.84. The van der Waals surface area contributed by atoms with E-state index >= 15 is 0 Å². The number of hydrogen-bond donors (Lipinski definition) is 2. The second-order valence-electron chi connectivity index (χ2n) is 8.51. The summed E-state index contributed by atoms with van der Waals surface area (Å²) in [5.74, 6) is 0.167. The number of nitrogens with one attached hydrogen (secondary N) is 1. The molecule has 4 heterocycles. The van der Waals surface area contributed by atoms with Gasteiger partial charge in [-0.15, -0.1) is 0 Å². The molecule has 1 aliphatic heterocycles. The Labute approximate surface area is 187 Å².